The summed E-state index contributed by atoms with van der Waals surface area (Å²) < 4.78 is 0. The van der Waals surface area contributed by atoms with Gasteiger partial charge in [0.25, 0.3) is 0 Å². The Morgan fingerprint density at radius 1 is 1.12 bits per heavy atom. The number of imide groups is 1. The van der Waals surface area contributed by atoms with Crippen LogP contribution in [0, 0.1) is 18.8 Å². The summed E-state index contributed by atoms with van der Waals surface area (Å²) in [5.41, 5.74) is 0.948. The topological polar surface area (TPSA) is 78.5 Å². The van der Waals surface area contributed by atoms with Crippen LogP contribution in [0.3, 0.4) is 0 Å². The third-order valence-electron chi connectivity index (χ3n) is 7.78. The van der Waals surface area contributed by atoms with Gasteiger partial charge in [-0.2, -0.15) is 11.8 Å². The molecule has 0 radical (unpaired) electrons. The summed E-state index contributed by atoms with van der Waals surface area (Å²) in [4.78, 5) is 42.8. The van der Waals surface area contributed by atoms with Crippen molar-refractivity contribution in [2.75, 3.05) is 17.3 Å². The summed E-state index contributed by atoms with van der Waals surface area (Å²) in [6.45, 7) is 1.93. The van der Waals surface area contributed by atoms with Crippen molar-refractivity contribution in [3.05, 3.63) is 28.3 Å². The van der Waals surface area contributed by atoms with Gasteiger partial charge in [0, 0.05) is 17.6 Å². The first kappa shape index (κ1) is 22.2. The van der Waals surface area contributed by atoms with Gasteiger partial charge in [-0.3, -0.25) is 24.6 Å². The summed E-state index contributed by atoms with van der Waals surface area (Å²) >= 11 is 8.20. The normalized spacial score (nSPS) is 32.4. The van der Waals surface area contributed by atoms with Gasteiger partial charge in [-0.05, 0) is 49.8 Å². The van der Waals surface area contributed by atoms with Crippen LogP contribution < -0.4 is 10.6 Å². The number of carbonyl (C=O) groups excluding carboxylic acids is 3. The molecular formula is C24H30ClN3O3S. The van der Waals surface area contributed by atoms with E-state index in [0.717, 1.165) is 56.3 Å². The molecule has 172 valence electrons. The summed E-state index contributed by atoms with van der Waals surface area (Å²) in [5, 5.41) is 6.91. The maximum Gasteiger partial charge on any atom is 0.250 e. The average Bonchev–Trinajstić information content (AvgIpc) is 3.21. The van der Waals surface area contributed by atoms with E-state index in [0.29, 0.717) is 16.3 Å². The summed E-state index contributed by atoms with van der Waals surface area (Å²) in [6.07, 6.45) is 8.85. The molecule has 2 N–H and O–H groups in total. The highest BCUT2D eigenvalue weighted by Crippen LogP contribution is 2.55. The zero-order valence-corrected chi connectivity index (χ0v) is 20.2. The van der Waals surface area contributed by atoms with E-state index in [-0.39, 0.29) is 29.8 Å². The number of thioether (sulfide) groups is 1. The number of nitrogens with zero attached hydrogens (tertiary/aromatic N) is 1. The van der Waals surface area contributed by atoms with Crippen molar-refractivity contribution in [1.29, 1.82) is 0 Å². The minimum absolute atomic E-state index is 0.0496. The molecule has 4 aliphatic rings. The van der Waals surface area contributed by atoms with E-state index in [2.05, 4.69) is 10.6 Å². The number of anilines is 1. The van der Waals surface area contributed by atoms with Gasteiger partial charge in [-0.25, -0.2) is 0 Å². The number of nitrogens with one attached hydrogen (secondary N) is 2. The Labute approximate surface area is 198 Å². The Bertz CT molecular complexity index is 977. The number of hydrogen-bond acceptors (Lipinski definition) is 5. The molecule has 2 saturated heterocycles. The molecule has 1 spiro atoms. The summed E-state index contributed by atoms with van der Waals surface area (Å²) in [7, 11) is 0. The van der Waals surface area contributed by atoms with Gasteiger partial charge in [0.2, 0.25) is 17.7 Å². The van der Waals surface area contributed by atoms with Crippen LogP contribution >= 0.6 is 23.4 Å². The van der Waals surface area contributed by atoms with Crippen LogP contribution in [0.25, 0.3) is 0 Å². The van der Waals surface area contributed by atoms with E-state index in [4.69, 9.17) is 11.6 Å². The van der Waals surface area contributed by atoms with Crippen molar-refractivity contribution >= 4 is 46.8 Å². The lowest BCUT2D eigenvalue weighted by Gasteiger charge is -2.32. The standard InChI is InChI=1S/C24H30ClN3O3S/c1-13-11-15-20(16(25)12-13)26-23(31)24(15)19-18(17(27-24)9-10-32-2)21(29)28(22(19)30)14-7-5-3-4-6-8-14/h11-12,14,17-19,27H,3-10H2,1-2H3,(H,26,31)/t17?,18-,19+,24?/m1/s1. The highest BCUT2D eigenvalue weighted by atomic mass is 35.5. The van der Waals surface area contributed by atoms with Crippen LogP contribution in [0.5, 0.6) is 0 Å². The number of likely N-dealkylation sites (tertiary alicyclic amines) is 1. The minimum Gasteiger partial charge on any atom is -0.323 e. The van der Waals surface area contributed by atoms with E-state index in [1.807, 2.05) is 25.3 Å². The summed E-state index contributed by atoms with van der Waals surface area (Å²) in [5.74, 6) is -0.956. The summed E-state index contributed by atoms with van der Waals surface area (Å²) in [6, 6.07) is 3.48. The van der Waals surface area contributed by atoms with E-state index >= 15 is 0 Å². The highest BCUT2D eigenvalue weighted by Gasteiger charge is 2.70. The van der Waals surface area contributed by atoms with Gasteiger partial charge in [0.05, 0.1) is 22.5 Å². The number of halogens is 1. The maximum atomic E-state index is 14.0. The van der Waals surface area contributed by atoms with Gasteiger partial charge in [0.15, 0.2) is 0 Å². The van der Waals surface area contributed by atoms with Crippen LogP contribution in [-0.4, -0.2) is 46.7 Å². The van der Waals surface area contributed by atoms with Crippen LogP contribution in [-0.2, 0) is 19.9 Å². The van der Waals surface area contributed by atoms with E-state index in [1.54, 1.807) is 16.7 Å². The molecule has 2 unspecified atom stereocenters. The third-order valence-corrected chi connectivity index (χ3v) is 8.72. The Kier molecular flexibility index (Phi) is 5.79. The predicted molar refractivity (Wildman–Crippen MR) is 127 cm³/mol. The van der Waals surface area contributed by atoms with Gasteiger partial charge < -0.3 is 5.32 Å². The fourth-order valence-corrected chi connectivity index (χ4v) is 7.20. The molecule has 4 atom stereocenters. The highest BCUT2D eigenvalue weighted by molar-refractivity contribution is 7.98. The van der Waals surface area contributed by atoms with E-state index in [9.17, 15) is 14.4 Å². The number of rotatable bonds is 4. The zero-order chi connectivity index (χ0) is 22.6. The molecule has 1 aromatic carbocycles. The maximum absolute atomic E-state index is 14.0. The van der Waals surface area contributed by atoms with Gasteiger partial charge in [0.1, 0.15) is 5.54 Å². The van der Waals surface area contributed by atoms with Crippen LogP contribution in [0.1, 0.15) is 56.1 Å². The monoisotopic (exact) mass is 475 g/mol. The second-order valence-electron chi connectivity index (χ2n) is 9.66. The lowest BCUT2D eigenvalue weighted by Crippen LogP contribution is -2.54. The number of hydrogen-bond donors (Lipinski definition) is 2. The first-order chi connectivity index (χ1) is 15.4. The molecule has 3 fully saturated rings. The van der Waals surface area contributed by atoms with Gasteiger partial charge in [-0.15, -0.1) is 0 Å². The molecule has 3 aliphatic heterocycles. The van der Waals surface area contributed by atoms with Crippen molar-refractivity contribution in [1.82, 2.24) is 10.2 Å². The molecule has 1 saturated carbocycles. The molecule has 3 amide bonds. The first-order valence-corrected chi connectivity index (χ1v) is 13.4. The first-order valence-electron chi connectivity index (χ1n) is 11.7. The lowest BCUT2D eigenvalue weighted by molar-refractivity contribution is -0.145. The Morgan fingerprint density at radius 3 is 2.53 bits per heavy atom. The largest absolute Gasteiger partial charge is 0.323 e. The molecule has 1 aliphatic carbocycles. The Balaban J connectivity index is 1.61. The van der Waals surface area contributed by atoms with E-state index in [1.165, 1.54) is 0 Å². The van der Waals surface area contributed by atoms with Crippen molar-refractivity contribution in [3.8, 4) is 0 Å². The Hall–Kier alpha value is -1.57. The van der Waals surface area contributed by atoms with Crippen molar-refractivity contribution in [2.24, 2.45) is 11.8 Å². The average molecular weight is 476 g/mol. The molecule has 8 heteroatoms. The van der Waals surface area contributed by atoms with Crippen molar-refractivity contribution in [3.63, 3.8) is 0 Å². The molecule has 32 heavy (non-hydrogen) atoms. The fourth-order valence-electron chi connectivity index (χ4n) is 6.39. The molecule has 5 rings (SSSR count). The molecule has 1 aromatic rings. The molecular weight excluding hydrogens is 446 g/mol. The number of fused-ring (bicyclic) bond motifs is 4. The smallest absolute Gasteiger partial charge is 0.250 e. The van der Waals surface area contributed by atoms with Crippen LogP contribution in [0.2, 0.25) is 5.02 Å². The third kappa shape index (κ3) is 3.15. The van der Waals surface area contributed by atoms with Gasteiger partial charge >= 0.3 is 0 Å². The van der Waals surface area contributed by atoms with Crippen molar-refractivity contribution < 1.29 is 14.4 Å². The fraction of sp³-hybridized carbons (Fsp3) is 0.625. The van der Waals surface area contributed by atoms with Crippen LogP contribution in [0.4, 0.5) is 5.69 Å². The minimum atomic E-state index is -1.25. The lowest BCUT2D eigenvalue weighted by atomic mass is 9.76. The quantitative estimate of drug-likeness (QED) is 0.511. The van der Waals surface area contributed by atoms with E-state index < -0.39 is 17.4 Å². The Morgan fingerprint density at radius 2 is 1.84 bits per heavy atom. The number of carbonyl (C=O) groups is 3. The number of amides is 3. The second-order valence-corrected chi connectivity index (χ2v) is 11.1. The number of aryl methyl sites for hydroxylation is 1. The number of benzene rings is 1. The SMILES string of the molecule is CSCCC1NC2(C(=O)Nc3c(Cl)cc(C)cc32)[C@@H]2C(=O)N(C3CCCCCC3)C(=O)[C@H]12. The van der Waals surface area contributed by atoms with Gasteiger partial charge in [-0.1, -0.05) is 43.4 Å². The molecule has 0 bridgehead atoms. The molecule has 6 nitrogen and oxygen atoms in total. The second kappa shape index (κ2) is 8.33. The molecule has 3 heterocycles. The zero-order valence-electron chi connectivity index (χ0n) is 18.6. The molecule has 0 aromatic heterocycles. The van der Waals surface area contributed by atoms with Crippen molar-refractivity contribution in [2.45, 2.75) is 69.5 Å². The predicted octanol–water partition coefficient (Wildman–Crippen LogP) is 3.84. The van der Waals surface area contributed by atoms with Crippen LogP contribution in [0.15, 0.2) is 12.1 Å².